The van der Waals surface area contributed by atoms with E-state index in [-0.39, 0.29) is 19.6 Å². The van der Waals surface area contributed by atoms with Gasteiger partial charge < -0.3 is 19.4 Å². The minimum Gasteiger partial charge on any atom is -0.459 e. The smallest absolute Gasteiger partial charge is 0.408 e. The Kier molecular flexibility index (Phi) is 7.80. The number of fused-ring (bicyclic) bond motifs is 1. The predicted octanol–water partition coefficient (Wildman–Crippen LogP) is 6.21. The molecule has 0 unspecified atom stereocenters. The van der Waals surface area contributed by atoms with E-state index in [4.69, 9.17) is 9.47 Å². The number of amides is 1. The molecule has 4 aromatic carbocycles. The van der Waals surface area contributed by atoms with Crippen LogP contribution in [0.2, 0.25) is 0 Å². The molecule has 0 aliphatic carbocycles. The number of hydrogen-bond donors (Lipinski definition) is 1. The molecule has 0 bridgehead atoms. The van der Waals surface area contributed by atoms with E-state index < -0.39 is 18.1 Å². The van der Waals surface area contributed by atoms with Crippen LogP contribution >= 0.6 is 0 Å². The number of hydrogen-bond acceptors (Lipinski definition) is 4. The van der Waals surface area contributed by atoms with E-state index in [1.54, 1.807) is 0 Å². The van der Waals surface area contributed by atoms with Crippen LogP contribution in [0, 0.1) is 0 Å². The van der Waals surface area contributed by atoms with Crippen molar-refractivity contribution in [2.24, 2.45) is 0 Å². The fraction of sp³-hybridized carbons (Fsp3) is 0.125. The largest absolute Gasteiger partial charge is 0.459 e. The van der Waals surface area contributed by atoms with E-state index in [1.165, 1.54) is 0 Å². The molecule has 6 nitrogen and oxygen atoms in total. The summed E-state index contributed by atoms with van der Waals surface area (Å²) in [5.74, 6) is -0.526. The topological polar surface area (TPSA) is 69.6 Å². The van der Waals surface area contributed by atoms with Gasteiger partial charge >= 0.3 is 12.1 Å². The summed E-state index contributed by atoms with van der Waals surface area (Å²) in [7, 11) is 0. The molecular weight excluding hydrogens is 476 g/mol. The summed E-state index contributed by atoms with van der Waals surface area (Å²) >= 11 is 0. The second-order valence-electron chi connectivity index (χ2n) is 8.93. The zero-order chi connectivity index (χ0) is 26.2. The van der Waals surface area contributed by atoms with E-state index in [0.29, 0.717) is 0 Å². The van der Waals surface area contributed by atoms with Crippen molar-refractivity contribution in [1.82, 2.24) is 9.88 Å². The zero-order valence-electron chi connectivity index (χ0n) is 20.8. The van der Waals surface area contributed by atoms with Gasteiger partial charge in [-0.25, -0.2) is 9.59 Å². The van der Waals surface area contributed by atoms with Crippen LogP contribution in [0.4, 0.5) is 4.79 Å². The van der Waals surface area contributed by atoms with Crippen molar-refractivity contribution in [2.45, 2.75) is 25.7 Å². The maximum absolute atomic E-state index is 13.2. The second-order valence-corrected chi connectivity index (χ2v) is 8.93. The molecule has 1 heterocycles. The summed E-state index contributed by atoms with van der Waals surface area (Å²) in [6.45, 7) is 0.217. The number of ether oxygens (including phenoxy) is 2. The lowest BCUT2D eigenvalue weighted by molar-refractivity contribution is -0.147. The van der Waals surface area contributed by atoms with Gasteiger partial charge in [0.05, 0.1) is 5.52 Å². The molecular formula is C32H28N2O4. The van der Waals surface area contributed by atoms with Gasteiger partial charge in [0.25, 0.3) is 0 Å². The summed E-state index contributed by atoms with van der Waals surface area (Å²) in [4.78, 5) is 26.0. The molecule has 1 atom stereocenters. The van der Waals surface area contributed by atoms with E-state index in [1.807, 2.05) is 121 Å². The van der Waals surface area contributed by atoms with E-state index >= 15 is 0 Å². The minimum absolute atomic E-state index is 0.103. The Morgan fingerprint density at radius 1 is 0.684 bits per heavy atom. The number of carbonyl (C=O) groups excluding carboxylic acids is 2. The van der Waals surface area contributed by atoms with Crippen molar-refractivity contribution in [3.05, 3.63) is 138 Å². The number of esters is 1. The number of aromatic nitrogens is 1. The zero-order valence-corrected chi connectivity index (χ0v) is 20.8. The lowest BCUT2D eigenvalue weighted by Crippen LogP contribution is -2.43. The van der Waals surface area contributed by atoms with Crippen molar-refractivity contribution in [3.8, 4) is 5.69 Å². The molecule has 0 aliphatic rings. The Bertz CT molecular complexity index is 1500. The SMILES string of the molecule is O=C(N[C@@H](Cc1cn(-c2ccccc2)c2ccccc12)C(=O)OCc1ccccc1)OCc1ccccc1. The van der Waals surface area contributed by atoms with Crippen molar-refractivity contribution < 1.29 is 19.1 Å². The highest BCUT2D eigenvalue weighted by Gasteiger charge is 2.25. The Balaban J connectivity index is 1.38. The Labute approximate surface area is 221 Å². The summed E-state index contributed by atoms with van der Waals surface area (Å²) in [5.41, 5.74) is 4.66. The van der Waals surface area contributed by atoms with E-state index in [0.717, 1.165) is 33.3 Å². The first-order valence-electron chi connectivity index (χ1n) is 12.5. The van der Waals surface area contributed by atoms with Gasteiger partial charge in [0, 0.05) is 23.7 Å². The first-order chi connectivity index (χ1) is 18.7. The van der Waals surface area contributed by atoms with Crippen molar-refractivity contribution in [2.75, 3.05) is 0 Å². The van der Waals surface area contributed by atoms with E-state index in [9.17, 15) is 9.59 Å². The highest BCUT2D eigenvalue weighted by Crippen LogP contribution is 2.26. The lowest BCUT2D eigenvalue weighted by atomic mass is 10.1. The average molecular weight is 505 g/mol. The Morgan fingerprint density at radius 2 is 1.24 bits per heavy atom. The second kappa shape index (κ2) is 11.9. The molecule has 190 valence electrons. The van der Waals surface area contributed by atoms with Crippen LogP contribution in [0.5, 0.6) is 0 Å². The number of para-hydroxylation sites is 2. The number of benzene rings is 4. The summed E-state index contributed by atoms with van der Waals surface area (Å²) in [6.07, 6.45) is 1.57. The van der Waals surface area contributed by atoms with Crippen LogP contribution in [0.25, 0.3) is 16.6 Å². The average Bonchev–Trinajstić information content (AvgIpc) is 3.34. The first kappa shape index (κ1) is 24.8. The van der Waals surface area contributed by atoms with Crippen LogP contribution in [0.15, 0.2) is 121 Å². The molecule has 0 saturated heterocycles. The molecule has 0 fully saturated rings. The van der Waals surface area contributed by atoms with Gasteiger partial charge in [0.2, 0.25) is 0 Å². The van der Waals surface area contributed by atoms with Gasteiger partial charge in [-0.1, -0.05) is 97.1 Å². The molecule has 1 amide bonds. The summed E-state index contributed by atoms with van der Waals surface area (Å²) < 4.78 is 13.1. The third kappa shape index (κ3) is 6.10. The number of carbonyl (C=O) groups is 2. The lowest BCUT2D eigenvalue weighted by Gasteiger charge is -2.18. The quantitative estimate of drug-likeness (QED) is 0.242. The van der Waals surface area contributed by atoms with Gasteiger partial charge in [0.1, 0.15) is 19.3 Å². The molecule has 5 rings (SSSR count). The molecule has 0 radical (unpaired) electrons. The third-order valence-electron chi connectivity index (χ3n) is 6.27. The van der Waals surface area contributed by atoms with Crippen LogP contribution in [-0.4, -0.2) is 22.7 Å². The van der Waals surface area contributed by atoms with Crippen LogP contribution in [0.3, 0.4) is 0 Å². The van der Waals surface area contributed by atoms with Crippen molar-refractivity contribution in [3.63, 3.8) is 0 Å². The molecule has 1 aromatic heterocycles. The van der Waals surface area contributed by atoms with Gasteiger partial charge in [-0.15, -0.1) is 0 Å². The normalized spacial score (nSPS) is 11.6. The minimum atomic E-state index is -0.933. The van der Waals surface area contributed by atoms with Crippen molar-refractivity contribution >= 4 is 23.0 Å². The molecule has 38 heavy (non-hydrogen) atoms. The van der Waals surface area contributed by atoms with Crippen LogP contribution < -0.4 is 5.32 Å². The fourth-order valence-corrected chi connectivity index (χ4v) is 4.36. The van der Waals surface area contributed by atoms with Gasteiger partial charge in [-0.2, -0.15) is 0 Å². The number of rotatable bonds is 9. The maximum Gasteiger partial charge on any atom is 0.408 e. The molecule has 1 N–H and O–H groups in total. The van der Waals surface area contributed by atoms with Gasteiger partial charge in [-0.3, -0.25) is 0 Å². The molecule has 5 aromatic rings. The fourth-order valence-electron chi connectivity index (χ4n) is 4.36. The maximum atomic E-state index is 13.2. The standard InChI is InChI=1S/C32H28N2O4/c35-31(37-22-24-12-4-1-5-13-24)29(33-32(36)38-23-25-14-6-2-7-15-25)20-26-21-34(27-16-8-3-9-17-27)30-19-11-10-18-28(26)30/h1-19,21,29H,20,22-23H2,(H,33,36)/t29-/m0/s1. The van der Waals surface area contributed by atoms with Crippen molar-refractivity contribution in [1.29, 1.82) is 0 Å². The highest BCUT2D eigenvalue weighted by molar-refractivity contribution is 5.87. The van der Waals surface area contributed by atoms with Crippen LogP contribution in [-0.2, 0) is 33.9 Å². The van der Waals surface area contributed by atoms with Crippen LogP contribution in [0.1, 0.15) is 16.7 Å². The Morgan fingerprint density at radius 3 is 1.89 bits per heavy atom. The Hall–Kier alpha value is -4.84. The number of alkyl carbamates (subject to hydrolysis) is 1. The first-order valence-corrected chi connectivity index (χ1v) is 12.5. The number of nitrogens with zero attached hydrogens (tertiary/aromatic N) is 1. The number of nitrogens with one attached hydrogen (secondary N) is 1. The highest BCUT2D eigenvalue weighted by atomic mass is 16.6. The molecule has 6 heteroatoms. The third-order valence-corrected chi connectivity index (χ3v) is 6.27. The van der Waals surface area contributed by atoms with Gasteiger partial charge in [0.15, 0.2) is 0 Å². The molecule has 0 spiro atoms. The predicted molar refractivity (Wildman–Crippen MR) is 147 cm³/mol. The van der Waals surface area contributed by atoms with E-state index in [2.05, 4.69) is 9.88 Å². The molecule has 0 aliphatic heterocycles. The van der Waals surface area contributed by atoms with Gasteiger partial charge in [-0.05, 0) is 34.9 Å². The molecule has 0 saturated carbocycles. The summed E-state index contributed by atoms with van der Waals surface area (Å²) in [5, 5.41) is 3.74. The monoisotopic (exact) mass is 504 g/mol. The summed E-state index contributed by atoms with van der Waals surface area (Å²) in [6, 6.07) is 35.9.